The summed E-state index contributed by atoms with van der Waals surface area (Å²) in [6.07, 6.45) is 4.06. The molecule has 0 atom stereocenters. The second-order valence-electron chi connectivity index (χ2n) is 12.4. The Labute approximate surface area is 300 Å². The summed E-state index contributed by atoms with van der Waals surface area (Å²) in [7, 11) is 0. The van der Waals surface area contributed by atoms with Crippen LogP contribution in [0.5, 0.6) is 23.0 Å². The molecule has 6 nitrogen and oxygen atoms in total. The normalized spacial score (nSPS) is 12.2. The van der Waals surface area contributed by atoms with Crippen LogP contribution < -0.4 is 18.9 Å². The minimum absolute atomic E-state index is 0.475. The van der Waals surface area contributed by atoms with E-state index in [9.17, 15) is 0 Å². The van der Waals surface area contributed by atoms with Crippen molar-refractivity contribution in [3.05, 3.63) is 210 Å². The molecule has 6 heteroatoms. The molecule has 51 heavy (non-hydrogen) atoms. The van der Waals surface area contributed by atoms with Crippen LogP contribution in [0.25, 0.3) is 0 Å². The van der Waals surface area contributed by atoms with Gasteiger partial charge in [-0.05, 0) is 57.6 Å². The molecule has 0 spiro atoms. The lowest BCUT2D eigenvalue weighted by molar-refractivity contribution is 0.286. The van der Waals surface area contributed by atoms with Gasteiger partial charge in [0.15, 0.2) is 0 Å². The summed E-state index contributed by atoms with van der Waals surface area (Å²) in [6, 6.07) is 52.9. The van der Waals surface area contributed by atoms with Crippen molar-refractivity contribution in [1.82, 2.24) is 9.80 Å². The maximum absolute atomic E-state index is 6.24. The summed E-state index contributed by atoms with van der Waals surface area (Å²) in [6.45, 7) is 6.59. The number of hydrogen-bond acceptors (Lipinski definition) is 6. The molecule has 1 aliphatic rings. The molecule has 1 aliphatic heterocycles. The van der Waals surface area contributed by atoms with E-state index in [0.29, 0.717) is 39.5 Å². The summed E-state index contributed by atoms with van der Waals surface area (Å²) in [5.41, 5.74) is 6.54. The van der Waals surface area contributed by atoms with Crippen LogP contribution in [0, 0.1) is 6.67 Å². The van der Waals surface area contributed by atoms with Gasteiger partial charge in [0, 0.05) is 37.6 Å². The monoisotopic (exact) mass is 672 g/mol. The predicted molar refractivity (Wildman–Crippen MR) is 199 cm³/mol. The first-order chi connectivity index (χ1) is 25.2. The van der Waals surface area contributed by atoms with Gasteiger partial charge in [-0.2, -0.15) is 0 Å². The molecule has 0 saturated heterocycles. The largest absolute Gasteiger partial charge is 0.489 e. The molecule has 0 saturated carbocycles. The molecular weight excluding hydrogens is 633 g/mol. The van der Waals surface area contributed by atoms with Gasteiger partial charge in [-0.1, -0.05) is 121 Å². The van der Waals surface area contributed by atoms with Crippen LogP contribution in [0.15, 0.2) is 170 Å². The molecule has 2 radical (unpaired) electrons. The van der Waals surface area contributed by atoms with Crippen LogP contribution in [0.1, 0.15) is 33.4 Å². The highest BCUT2D eigenvalue weighted by molar-refractivity contribution is 5.40. The van der Waals surface area contributed by atoms with Crippen LogP contribution in [0.4, 0.5) is 0 Å². The third kappa shape index (κ3) is 10.2. The highest BCUT2D eigenvalue weighted by Gasteiger charge is 2.18. The highest BCUT2D eigenvalue weighted by atomic mass is 16.5. The first-order valence-corrected chi connectivity index (χ1v) is 17.1. The van der Waals surface area contributed by atoms with E-state index < -0.39 is 0 Å². The van der Waals surface area contributed by atoms with E-state index in [1.54, 1.807) is 0 Å². The summed E-state index contributed by atoms with van der Waals surface area (Å²) < 4.78 is 24.9. The lowest BCUT2D eigenvalue weighted by Crippen LogP contribution is -2.19. The Kier molecular flexibility index (Phi) is 11.1. The van der Waals surface area contributed by atoms with Crippen molar-refractivity contribution >= 4 is 0 Å². The Balaban J connectivity index is 1.02. The van der Waals surface area contributed by atoms with Crippen molar-refractivity contribution in [3.8, 4) is 23.0 Å². The quantitative estimate of drug-likeness (QED) is 0.102. The van der Waals surface area contributed by atoms with Gasteiger partial charge in [-0.25, -0.2) is 0 Å². The van der Waals surface area contributed by atoms with E-state index in [2.05, 4.69) is 79.5 Å². The van der Waals surface area contributed by atoms with E-state index >= 15 is 0 Å². The molecule has 6 aromatic rings. The Bertz CT molecular complexity index is 1720. The topological polar surface area (TPSA) is 43.4 Å². The predicted octanol–water partition coefficient (Wildman–Crippen LogP) is 9.79. The van der Waals surface area contributed by atoms with Gasteiger partial charge in [0.25, 0.3) is 0 Å². The highest BCUT2D eigenvalue weighted by Crippen LogP contribution is 2.29. The maximum atomic E-state index is 6.24. The number of hydrogen-bond donors (Lipinski definition) is 0. The second kappa shape index (κ2) is 17.0. The summed E-state index contributed by atoms with van der Waals surface area (Å²) in [4.78, 5) is 4.08. The minimum Gasteiger partial charge on any atom is -0.489 e. The van der Waals surface area contributed by atoms with Crippen molar-refractivity contribution in [2.45, 2.75) is 39.5 Å². The van der Waals surface area contributed by atoms with Crippen LogP contribution in [-0.2, 0) is 39.5 Å². The van der Waals surface area contributed by atoms with Gasteiger partial charge in [0.1, 0.15) is 49.4 Å². The van der Waals surface area contributed by atoms with E-state index in [1.807, 2.05) is 107 Å². The third-order valence-corrected chi connectivity index (χ3v) is 8.26. The summed E-state index contributed by atoms with van der Waals surface area (Å²) >= 11 is 0. The number of rotatable bonds is 16. The Morgan fingerprint density at radius 3 is 0.882 bits per heavy atom. The standard InChI is InChI=1S/C45H40N2O4/c1-5-13-36(14-6-1)31-48-42-23-40(24-43(27-42)49-32-37-15-7-2-8-16-37)29-46-21-22-47(35-46)30-41-25-44(50-33-38-17-9-3-10-18-38)28-45(26-41)51-34-39-19-11-4-12-20-39/h1-28H,29-34H2. The van der Waals surface area contributed by atoms with Gasteiger partial charge in [-0.3, -0.25) is 0 Å². The van der Waals surface area contributed by atoms with Gasteiger partial charge in [0.2, 0.25) is 6.67 Å². The van der Waals surface area contributed by atoms with E-state index in [4.69, 9.17) is 18.9 Å². The molecule has 0 aromatic heterocycles. The molecule has 0 fully saturated rings. The average Bonchev–Trinajstić information content (AvgIpc) is 3.62. The first kappa shape index (κ1) is 33.4. The van der Waals surface area contributed by atoms with Gasteiger partial charge >= 0.3 is 0 Å². The van der Waals surface area contributed by atoms with E-state index in [-0.39, 0.29) is 0 Å². The fourth-order valence-electron chi connectivity index (χ4n) is 5.70. The zero-order valence-corrected chi connectivity index (χ0v) is 28.4. The zero-order valence-electron chi connectivity index (χ0n) is 28.4. The van der Waals surface area contributed by atoms with Crippen molar-refractivity contribution in [1.29, 1.82) is 0 Å². The molecule has 0 N–H and O–H groups in total. The Morgan fingerprint density at radius 1 is 0.333 bits per heavy atom. The van der Waals surface area contributed by atoms with Crippen molar-refractivity contribution < 1.29 is 18.9 Å². The lowest BCUT2D eigenvalue weighted by atomic mass is 10.1. The second-order valence-corrected chi connectivity index (χ2v) is 12.4. The zero-order chi connectivity index (χ0) is 34.5. The minimum atomic E-state index is 0.475. The molecule has 0 aliphatic carbocycles. The lowest BCUT2D eigenvalue weighted by Gasteiger charge is -2.21. The number of benzene rings is 6. The molecular formula is C45H40N2O4. The molecule has 6 aromatic carbocycles. The van der Waals surface area contributed by atoms with Crippen molar-refractivity contribution in [3.63, 3.8) is 0 Å². The van der Waals surface area contributed by atoms with E-state index in [0.717, 1.165) is 56.4 Å². The van der Waals surface area contributed by atoms with Crippen LogP contribution in [-0.4, -0.2) is 9.80 Å². The van der Waals surface area contributed by atoms with Crippen LogP contribution >= 0.6 is 0 Å². The van der Waals surface area contributed by atoms with Gasteiger partial charge in [0.05, 0.1) is 0 Å². The molecule has 0 unspecified atom stereocenters. The Morgan fingerprint density at radius 2 is 0.608 bits per heavy atom. The third-order valence-electron chi connectivity index (χ3n) is 8.26. The maximum Gasteiger partial charge on any atom is 0.208 e. The number of ether oxygens (including phenoxy) is 4. The first-order valence-electron chi connectivity index (χ1n) is 17.1. The van der Waals surface area contributed by atoms with Crippen LogP contribution in [0.2, 0.25) is 0 Å². The van der Waals surface area contributed by atoms with Gasteiger partial charge < -0.3 is 28.7 Å². The molecule has 254 valence electrons. The Hall–Kier alpha value is -6.14. The van der Waals surface area contributed by atoms with E-state index in [1.165, 1.54) is 0 Å². The van der Waals surface area contributed by atoms with Crippen molar-refractivity contribution in [2.24, 2.45) is 0 Å². The SMILES string of the molecule is [C]1N(Cc2cc(OCc3ccccc3)cc(OCc3ccccc3)c2)C=CN1Cc1cc(OCc2ccccc2)cc(OCc2ccccc2)c1. The summed E-state index contributed by atoms with van der Waals surface area (Å²) in [5, 5.41) is 0. The average molecular weight is 673 g/mol. The molecule has 0 bridgehead atoms. The fraction of sp³-hybridized carbons (Fsp3) is 0.133. The molecule has 0 amide bonds. The molecule has 7 rings (SSSR count). The fourth-order valence-corrected chi connectivity index (χ4v) is 5.70. The van der Waals surface area contributed by atoms with Crippen LogP contribution in [0.3, 0.4) is 0 Å². The van der Waals surface area contributed by atoms with Gasteiger partial charge in [-0.15, -0.1) is 0 Å². The smallest absolute Gasteiger partial charge is 0.208 e. The summed E-state index contributed by atoms with van der Waals surface area (Å²) in [5.74, 6) is 3.04. The molecule has 1 heterocycles. The number of nitrogens with zero attached hydrogens (tertiary/aromatic N) is 2. The van der Waals surface area contributed by atoms with Crippen molar-refractivity contribution in [2.75, 3.05) is 0 Å².